The third-order valence-corrected chi connectivity index (χ3v) is 7.09. The second-order valence-electron chi connectivity index (χ2n) is 6.84. The molecule has 8 heteroatoms. The van der Waals surface area contributed by atoms with Crippen molar-refractivity contribution in [2.45, 2.75) is 31.4 Å². The number of carbonyl (C=O) groups excluding carboxylic acids is 2. The highest BCUT2D eigenvalue weighted by Gasteiger charge is 2.40. The summed E-state index contributed by atoms with van der Waals surface area (Å²) in [5.74, 6) is 0.121. The maximum absolute atomic E-state index is 12.6. The molecule has 0 radical (unpaired) electrons. The van der Waals surface area contributed by atoms with Gasteiger partial charge in [0.2, 0.25) is 0 Å². The molecule has 2 N–H and O–H groups in total. The van der Waals surface area contributed by atoms with Gasteiger partial charge in [-0.1, -0.05) is 35.7 Å². The Bertz CT molecular complexity index is 890. The number of allylic oxidation sites excluding steroid dienone is 1. The van der Waals surface area contributed by atoms with Crippen LogP contribution in [0.3, 0.4) is 0 Å². The molecule has 1 unspecified atom stereocenters. The molecule has 28 heavy (non-hydrogen) atoms. The van der Waals surface area contributed by atoms with E-state index in [9.17, 15) is 9.59 Å². The molecule has 0 aromatic heterocycles. The molecular formula is C20H21N3O3S2. The quantitative estimate of drug-likeness (QED) is 0.771. The largest absolute Gasteiger partial charge is 0.395 e. The van der Waals surface area contributed by atoms with Gasteiger partial charge in [0.1, 0.15) is 5.92 Å². The Labute approximate surface area is 172 Å². The molecule has 1 aliphatic carbocycles. The molecule has 0 saturated heterocycles. The number of carbonyl (C=O) groups is 2. The van der Waals surface area contributed by atoms with Crippen LogP contribution in [-0.4, -0.2) is 40.3 Å². The van der Waals surface area contributed by atoms with Crippen LogP contribution >= 0.6 is 23.5 Å². The monoisotopic (exact) mass is 415 g/mol. The maximum atomic E-state index is 12.6. The molecule has 6 nitrogen and oxygen atoms in total. The van der Waals surface area contributed by atoms with Crippen molar-refractivity contribution in [1.29, 1.82) is 0 Å². The lowest BCUT2D eigenvalue weighted by molar-refractivity contribution is -0.118. The molecule has 2 heterocycles. The number of nitrogens with one attached hydrogen (secondary N) is 1. The number of amides is 2. The van der Waals surface area contributed by atoms with Gasteiger partial charge in [0.05, 0.1) is 11.7 Å². The first-order chi connectivity index (χ1) is 13.7. The van der Waals surface area contributed by atoms with E-state index in [1.54, 1.807) is 23.9 Å². The van der Waals surface area contributed by atoms with Crippen molar-refractivity contribution in [2.75, 3.05) is 13.2 Å². The predicted octanol–water partition coefficient (Wildman–Crippen LogP) is 3.13. The number of thioether (sulfide) groups is 2. The molecule has 0 bridgehead atoms. The van der Waals surface area contributed by atoms with Gasteiger partial charge >= 0.3 is 0 Å². The Morgan fingerprint density at radius 1 is 1.21 bits per heavy atom. The van der Waals surface area contributed by atoms with E-state index in [1.165, 1.54) is 28.7 Å². The van der Waals surface area contributed by atoms with Crippen molar-refractivity contribution in [3.05, 3.63) is 45.9 Å². The highest BCUT2D eigenvalue weighted by atomic mass is 32.2. The minimum absolute atomic E-state index is 0.0807. The third kappa shape index (κ3) is 4.09. The summed E-state index contributed by atoms with van der Waals surface area (Å²) in [5.41, 5.74) is 2.83. The van der Waals surface area contributed by atoms with Crippen LogP contribution in [0.5, 0.6) is 0 Å². The molecule has 2 aliphatic heterocycles. The van der Waals surface area contributed by atoms with Crippen molar-refractivity contribution in [3.8, 4) is 0 Å². The van der Waals surface area contributed by atoms with Gasteiger partial charge in [-0.2, -0.15) is 4.99 Å². The first kappa shape index (κ1) is 19.4. The Morgan fingerprint density at radius 3 is 2.79 bits per heavy atom. The van der Waals surface area contributed by atoms with E-state index >= 15 is 0 Å². The van der Waals surface area contributed by atoms with Gasteiger partial charge in [-0.15, -0.1) is 0 Å². The smallest absolute Gasteiger partial charge is 0.262 e. The van der Waals surface area contributed by atoms with Crippen LogP contribution in [0.4, 0.5) is 0 Å². The van der Waals surface area contributed by atoms with Gasteiger partial charge in [-0.25, -0.2) is 4.99 Å². The fourth-order valence-electron chi connectivity index (χ4n) is 3.51. The molecule has 1 atom stereocenters. The first-order valence-electron chi connectivity index (χ1n) is 9.37. The summed E-state index contributed by atoms with van der Waals surface area (Å²) >= 11 is 3.11. The van der Waals surface area contributed by atoms with Crippen LogP contribution in [-0.2, 0) is 10.5 Å². The number of hydrogen-bond donors (Lipinski definition) is 2. The highest BCUT2D eigenvalue weighted by molar-refractivity contribution is 8.18. The number of aliphatic hydroxyl groups is 1. The molecule has 0 fully saturated rings. The van der Waals surface area contributed by atoms with Gasteiger partial charge in [0, 0.05) is 17.9 Å². The topological polar surface area (TPSA) is 91.1 Å². The maximum Gasteiger partial charge on any atom is 0.262 e. The number of rotatable bonds is 5. The molecule has 0 saturated carbocycles. The number of nitrogens with zero attached hydrogens (tertiary/aromatic N) is 2. The Kier molecular flexibility index (Phi) is 5.99. The van der Waals surface area contributed by atoms with Crippen LogP contribution < -0.4 is 5.32 Å². The van der Waals surface area contributed by atoms with Crippen molar-refractivity contribution in [3.63, 3.8) is 0 Å². The van der Waals surface area contributed by atoms with E-state index in [1.807, 2.05) is 12.1 Å². The highest BCUT2D eigenvalue weighted by Crippen LogP contribution is 2.47. The van der Waals surface area contributed by atoms with E-state index in [2.05, 4.69) is 15.3 Å². The number of benzene rings is 1. The Hall–Kier alpha value is -1.90. The van der Waals surface area contributed by atoms with E-state index < -0.39 is 0 Å². The standard InChI is InChI=1S/C20H21N3O3S2/c24-10-9-21-17(25)13-7-5-12(6-8-13)11-27-20-22-18(26)16-14-3-1-2-4-15(14)28-19(16)23-20/h5-8,16,24H,1-4,9-11H2,(H,21,25). The average Bonchev–Trinajstić information content (AvgIpc) is 3.09. The zero-order valence-electron chi connectivity index (χ0n) is 15.3. The minimum Gasteiger partial charge on any atom is -0.395 e. The molecule has 1 aromatic carbocycles. The fourth-order valence-corrected chi connectivity index (χ4v) is 5.72. The average molecular weight is 416 g/mol. The summed E-state index contributed by atoms with van der Waals surface area (Å²) in [5, 5.41) is 12.8. The molecule has 1 aromatic rings. The fraction of sp³-hybridized carbons (Fsp3) is 0.400. The van der Waals surface area contributed by atoms with Crippen LogP contribution in [0.25, 0.3) is 0 Å². The van der Waals surface area contributed by atoms with Crippen molar-refractivity contribution in [1.82, 2.24) is 5.32 Å². The predicted molar refractivity (Wildman–Crippen MR) is 114 cm³/mol. The lowest BCUT2D eigenvalue weighted by atomic mass is 9.89. The molecule has 3 aliphatic rings. The van der Waals surface area contributed by atoms with E-state index in [0.29, 0.717) is 16.5 Å². The minimum atomic E-state index is -0.221. The summed E-state index contributed by atoms with van der Waals surface area (Å²) in [4.78, 5) is 34.6. The van der Waals surface area contributed by atoms with E-state index in [-0.39, 0.29) is 30.9 Å². The van der Waals surface area contributed by atoms with Gasteiger partial charge in [-0.05, 0) is 53.9 Å². The molecule has 0 spiro atoms. The van der Waals surface area contributed by atoms with Gasteiger partial charge in [0.25, 0.3) is 11.8 Å². The third-order valence-electron chi connectivity index (χ3n) is 4.92. The second kappa shape index (κ2) is 8.63. The Balaban J connectivity index is 1.37. The normalized spacial score (nSPS) is 21.0. The molecule has 2 amide bonds. The molecule has 4 rings (SSSR count). The summed E-state index contributed by atoms with van der Waals surface area (Å²) < 4.78 is 0. The van der Waals surface area contributed by atoms with Gasteiger partial charge in [0.15, 0.2) is 5.17 Å². The summed E-state index contributed by atoms with van der Waals surface area (Å²) in [6, 6.07) is 7.27. The van der Waals surface area contributed by atoms with E-state index in [0.717, 1.165) is 29.9 Å². The zero-order chi connectivity index (χ0) is 19.5. The molecular weight excluding hydrogens is 394 g/mol. The lowest BCUT2D eigenvalue weighted by Gasteiger charge is -2.18. The molecule has 146 valence electrons. The van der Waals surface area contributed by atoms with Crippen LogP contribution in [0, 0.1) is 5.92 Å². The number of amidine groups is 1. The van der Waals surface area contributed by atoms with E-state index in [4.69, 9.17) is 5.11 Å². The van der Waals surface area contributed by atoms with Crippen molar-refractivity contribution in [2.24, 2.45) is 15.9 Å². The van der Waals surface area contributed by atoms with Crippen LogP contribution in [0.1, 0.15) is 41.6 Å². The lowest BCUT2D eigenvalue weighted by Crippen LogP contribution is -2.26. The van der Waals surface area contributed by atoms with Crippen molar-refractivity contribution >= 4 is 45.5 Å². The van der Waals surface area contributed by atoms with Crippen LogP contribution in [0.15, 0.2) is 44.7 Å². The van der Waals surface area contributed by atoms with Gasteiger partial charge in [-0.3, -0.25) is 9.59 Å². The van der Waals surface area contributed by atoms with Gasteiger partial charge < -0.3 is 10.4 Å². The number of aliphatic hydroxyl groups excluding tert-OH is 1. The second-order valence-corrected chi connectivity index (χ2v) is 8.90. The summed E-state index contributed by atoms with van der Waals surface area (Å²) in [7, 11) is 0. The SMILES string of the molecule is O=C(NCCO)c1ccc(CSC2=NC(=O)C3C(=N2)SC2=C3CCCC2)cc1. The van der Waals surface area contributed by atoms with Crippen molar-refractivity contribution < 1.29 is 14.7 Å². The number of hydrogen-bond acceptors (Lipinski definition) is 6. The number of aliphatic imine (C=N–C) groups is 2. The van der Waals surface area contributed by atoms with Crippen LogP contribution in [0.2, 0.25) is 0 Å². The first-order valence-corrected chi connectivity index (χ1v) is 11.2. The summed E-state index contributed by atoms with van der Waals surface area (Å²) in [6.45, 7) is 0.156. The Morgan fingerprint density at radius 2 is 2.00 bits per heavy atom. The summed E-state index contributed by atoms with van der Waals surface area (Å²) in [6.07, 6.45) is 4.39. The zero-order valence-corrected chi connectivity index (χ0v) is 16.9. The number of fused-ring (bicyclic) bond motifs is 2.